The highest BCUT2D eigenvalue weighted by molar-refractivity contribution is 7.15. The van der Waals surface area contributed by atoms with E-state index in [-0.39, 0.29) is 0 Å². The predicted octanol–water partition coefficient (Wildman–Crippen LogP) is 3.19. The summed E-state index contributed by atoms with van der Waals surface area (Å²) < 4.78 is 0. The quantitative estimate of drug-likeness (QED) is 0.759. The van der Waals surface area contributed by atoms with Gasteiger partial charge in [0.2, 0.25) is 0 Å². The summed E-state index contributed by atoms with van der Waals surface area (Å²) in [6, 6.07) is 0. The minimum Gasteiger partial charge on any atom is -0.244 e. The molecule has 0 amide bonds. The van der Waals surface area contributed by atoms with Gasteiger partial charge >= 0.3 is 0 Å². The molecule has 13 heavy (non-hydrogen) atoms. The third-order valence-corrected chi connectivity index (χ3v) is 3.50. The van der Waals surface area contributed by atoms with Crippen LogP contribution in [0, 0.1) is 6.20 Å². The molecule has 2 aromatic heterocycles. The number of hydrogen-bond donors (Lipinski definition) is 0. The maximum atomic E-state index is 4.23. The minimum atomic E-state index is 0.480. The molecule has 0 unspecified atom stereocenters. The van der Waals surface area contributed by atoms with Gasteiger partial charge in [-0.05, 0) is 0 Å². The second kappa shape index (κ2) is 3.55. The molecular weight excluding hydrogens is 200 g/mol. The standard InChI is InChI=1S/C9H9N2S2/c1-6(2)9-10-3-8(13-9)7-4-12-5-11-7/h4-6H,1-2H3. The van der Waals surface area contributed by atoms with Crippen LogP contribution in [0.3, 0.4) is 0 Å². The van der Waals surface area contributed by atoms with E-state index in [1.807, 2.05) is 10.9 Å². The molecule has 2 aromatic rings. The molecule has 0 N–H and O–H groups in total. The Morgan fingerprint density at radius 2 is 2.31 bits per heavy atom. The van der Waals surface area contributed by atoms with Gasteiger partial charge in [0.25, 0.3) is 0 Å². The third kappa shape index (κ3) is 1.78. The van der Waals surface area contributed by atoms with E-state index in [2.05, 4.69) is 30.0 Å². The van der Waals surface area contributed by atoms with Crippen molar-refractivity contribution in [3.63, 3.8) is 0 Å². The van der Waals surface area contributed by atoms with Crippen LogP contribution in [0.15, 0.2) is 10.9 Å². The fourth-order valence-electron chi connectivity index (χ4n) is 0.937. The Balaban J connectivity index is 2.33. The SMILES string of the molecule is CC(C)c1n[c]c(-c2cscn2)s1. The molecule has 0 fully saturated rings. The van der Waals surface area contributed by atoms with E-state index in [0.29, 0.717) is 5.92 Å². The maximum Gasteiger partial charge on any atom is 0.111 e. The van der Waals surface area contributed by atoms with Crippen LogP contribution in [0.2, 0.25) is 0 Å². The summed E-state index contributed by atoms with van der Waals surface area (Å²) in [6.07, 6.45) is 3.00. The molecule has 2 rings (SSSR count). The van der Waals surface area contributed by atoms with Gasteiger partial charge < -0.3 is 0 Å². The number of rotatable bonds is 2. The molecular formula is C9H9N2S2. The fourth-order valence-corrected chi connectivity index (χ4v) is 2.40. The molecule has 0 atom stereocenters. The number of aromatic nitrogens is 2. The van der Waals surface area contributed by atoms with Gasteiger partial charge in [0.1, 0.15) is 6.20 Å². The molecule has 0 aliphatic heterocycles. The zero-order chi connectivity index (χ0) is 9.26. The van der Waals surface area contributed by atoms with Crippen LogP contribution in [-0.4, -0.2) is 9.97 Å². The highest BCUT2D eigenvalue weighted by atomic mass is 32.1. The van der Waals surface area contributed by atoms with E-state index < -0.39 is 0 Å². The lowest BCUT2D eigenvalue weighted by Gasteiger charge is -1.94. The summed E-state index contributed by atoms with van der Waals surface area (Å²) in [7, 11) is 0. The normalized spacial score (nSPS) is 11.0. The first-order chi connectivity index (χ1) is 6.27. The molecule has 0 aliphatic carbocycles. The third-order valence-electron chi connectivity index (χ3n) is 1.63. The Morgan fingerprint density at radius 3 is 2.85 bits per heavy atom. The van der Waals surface area contributed by atoms with Crippen molar-refractivity contribution in [2.45, 2.75) is 19.8 Å². The molecule has 67 valence electrons. The summed E-state index contributed by atoms with van der Waals surface area (Å²) >= 11 is 3.28. The van der Waals surface area contributed by atoms with Crippen LogP contribution in [0.5, 0.6) is 0 Å². The van der Waals surface area contributed by atoms with Gasteiger partial charge in [-0.2, -0.15) is 0 Å². The zero-order valence-corrected chi connectivity index (χ0v) is 9.08. The fraction of sp³-hybridized carbons (Fsp3) is 0.333. The minimum absolute atomic E-state index is 0.480. The van der Waals surface area contributed by atoms with E-state index >= 15 is 0 Å². The van der Waals surface area contributed by atoms with E-state index in [1.54, 1.807) is 22.7 Å². The summed E-state index contributed by atoms with van der Waals surface area (Å²) in [5.74, 6) is 0.480. The maximum absolute atomic E-state index is 4.23. The zero-order valence-electron chi connectivity index (χ0n) is 7.44. The predicted molar refractivity (Wildman–Crippen MR) is 56.1 cm³/mol. The summed E-state index contributed by atoms with van der Waals surface area (Å²) in [4.78, 5) is 9.49. The van der Waals surface area contributed by atoms with Gasteiger partial charge in [-0.25, -0.2) is 9.97 Å². The van der Waals surface area contributed by atoms with Crippen molar-refractivity contribution in [2.24, 2.45) is 0 Å². The first-order valence-corrected chi connectivity index (χ1v) is 5.80. The summed E-state index contributed by atoms with van der Waals surface area (Å²) in [5.41, 5.74) is 2.83. The second-order valence-electron chi connectivity index (χ2n) is 3.02. The average Bonchev–Trinajstić information content (AvgIpc) is 2.75. The van der Waals surface area contributed by atoms with Crippen molar-refractivity contribution in [3.05, 3.63) is 22.1 Å². The first-order valence-electron chi connectivity index (χ1n) is 4.04. The Bertz CT molecular complexity index is 376. The Labute approximate surface area is 85.3 Å². The van der Waals surface area contributed by atoms with Crippen LogP contribution < -0.4 is 0 Å². The van der Waals surface area contributed by atoms with Gasteiger partial charge in [-0.15, -0.1) is 22.7 Å². The summed E-state index contributed by atoms with van der Waals surface area (Å²) in [6.45, 7) is 4.27. The lowest BCUT2D eigenvalue weighted by atomic mass is 10.2. The molecule has 0 aromatic carbocycles. The van der Waals surface area contributed by atoms with Crippen molar-refractivity contribution in [1.82, 2.24) is 9.97 Å². The molecule has 0 bridgehead atoms. The van der Waals surface area contributed by atoms with E-state index in [0.717, 1.165) is 15.6 Å². The average molecular weight is 209 g/mol. The molecule has 0 spiro atoms. The van der Waals surface area contributed by atoms with Crippen molar-refractivity contribution in [3.8, 4) is 10.6 Å². The van der Waals surface area contributed by atoms with Crippen LogP contribution >= 0.6 is 22.7 Å². The van der Waals surface area contributed by atoms with Crippen molar-refractivity contribution >= 4 is 22.7 Å². The molecule has 0 aliphatic rings. The highest BCUT2D eigenvalue weighted by Crippen LogP contribution is 2.28. The van der Waals surface area contributed by atoms with Gasteiger partial charge in [-0.3, -0.25) is 0 Å². The van der Waals surface area contributed by atoms with E-state index in [4.69, 9.17) is 0 Å². The monoisotopic (exact) mass is 209 g/mol. The number of hydrogen-bond acceptors (Lipinski definition) is 4. The van der Waals surface area contributed by atoms with Crippen LogP contribution in [0.1, 0.15) is 24.8 Å². The van der Waals surface area contributed by atoms with Crippen LogP contribution in [0.25, 0.3) is 10.6 Å². The lowest BCUT2D eigenvalue weighted by molar-refractivity contribution is 0.851. The van der Waals surface area contributed by atoms with E-state index in [9.17, 15) is 0 Å². The number of nitrogens with zero attached hydrogens (tertiary/aromatic N) is 2. The van der Waals surface area contributed by atoms with Gasteiger partial charge in [0.15, 0.2) is 0 Å². The lowest BCUT2D eigenvalue weighted by Crippen LogP contribution is -1.81. The van der Waals surface area contributed by atoms with Crippen molar-refractivity contribution in [2.75, 3.05) is 0 Å². The van der Waals surface area contributed by atoms with Gasteiger partial charge in [-0.1, -0.05) is 13.8 Å². The molecule has 0 saturated carbocycles. The molecule has 2 nitrogen and oxygen atoms in total. The Kier molecular flexibility index (Phi) is 2.42. The largest absolute Gasteiger partial charge is 0.244 e. The second-order valence-corrected chi connectivity index (χ2v) is 4.77. The van der Waals surface area contributed by atoms with E-state index in [1.165, 1.54) is 0 Å². The molecule has 0 saturated heterocycles. The Morgan fingerprint density at radius 1 is 1.46 bits per heavy atom. The van der Waals surface area contributed by atoms with Gasteiger partial charge in [0.05, 0.1) is 21.1 Å². The number of thiazole rings is 2. The van der Waals surface area contributed by atoms with Crippen LogP contribution in [-0.2, 0) is 0 Å². The molecule has 4 heteroatoms. The first kappa shape index (κ1) is 8.84. The molecule has 1 radical (unpaired) electrons. The van der Waals surface area contributed by atoms with Crippen molar-refractivity contribution < 1.29 is 0 Å². The molecule has 2 heterocycles. The Hall–Kier alpha value is -0.740. The van der Waals surface area contributed by atoms with Crippen LogP contribution in [0.4, 0.5) is 0 Å². The highest BCUT2D eigenvalue weighted by Gasteiger charge is 2.08. The van der Waals surface area contributed by atoms with Gasteiger partial charge in [0, 0.05) is 11.3 Å². The topological polar surface area (TPSA) is 25.8 Å². The summed E-state index contributed by atoms with van der Waals surface area (Å²) in [5, 5.41) is 3.15. The smallest absolute Gasteiger partial charge is 0.111 e. The van der Waals surface area contributed by atoms with Crippen molar-refractivity contribution in [1.29, 1.82) is 0 Å².